The highest BCUT2D eigenvalue weighted by Crippen LogP contribution is 2.44. The van der Waals surface area contributed by atoms with Gasteiger partial charge >= 0.3 is 18.2 Å². The Morgan fingerprint density at radius 1 is 0.702 bits per heavy atom. The van der Waals surface area contributed by atoms with Crippen LogP contribution in [0.4, 0.5) is 14.4 Å². The smallest absolute Gasteiger partial charge is 0.409 e. The second kappa shape index (κ2) is 18.7. The molecular formula is C46H58N4O7. The molecule has 4 aromatic rings. The summed E-state index contributed by atoms with van der Waals surface area (Å²) in [7, 11) is 1.62. The molecule has 0 bridgehead atoms. The van der Waals surface area contributed by atoms with Crippen LogP contribution in [0.2, 0.25) is 0 Å². The third-order valence-electron chi connectivity index (χ3n) is 9.91. The molecule has 0 fully saturated rings. The van der Waals surface area contributed by atoms with Crippen molar-refractivity contribution in [2.24, 2.45) is 0 Å². The van der Waals surface area contributed by atoms with Gasteiger partial charge in [0.25, 0.3) is 0 Å². The average Bonchev–Trinajstić information content (AvgIpc) is 3.48. The number of rotatable bonds is 14. The number of aliphatic hydroxyl groups excluding tert-OH is 2. The molecule has 4 N–H and O–H groups in total. The number of carbonyl (C=O) groups excluding carboxylic acids is 3. The molecule has 4 aromatic carbocycles. The third kappa shape index (κ3) is 12.1. The number of urea groups is 1. The highest BCUT2D eigenvalue weighted by molar-refractivity contribution is 5.79. The molecule has 1 aliphatic rings. The molecule has 0 aliphatic heterocycles. The van der Waals surface area contributed by atoms with E-state index in [0.29, 0.717) is 0 Å². The van der Waals surface area contributed by atoms with Gasteiger partial charge < -0.3 is 40.1 Å². The Morgan fingerprint density at radius 3 is 1.72 bits per heavy atom. The summed E-state index contributed by atoms with van der Waals surface area (Å²) < 4.78 is 11.6. The lowest BCUT2D eigenvalue weighted by Crippen LogP contribution is -2.57. The van der Waals surface area contributed by atoms with Crippen LogP contribution >= 0.6 is 0 Å². The predicted molar refractivity (Wildman–Crippen MR) is 222 cm³/mol. The van der Waals surface area contributed by atoms with E-state index in [2.05, 4.69) is 22.8 Å². The summed E-state index contributed by atoms with van der Waals surface area (Å²) >= 11 is 0. The van der Waals surface area contributed by atoms with Gasteiger partial charge in [0.05, 0.1) is 37.4 Å². The zero-order valence-corrected chi connectivity index (χ0v) is 34.1. The van der Waals surface area contributed by atoms with Crippen molar-refractivity contribution in [3.8, 4) is 11.1 Å². The molecule has 1 unspecified atom stereocenters. The number of alkyl carbamates (subject to hydrolysis) is 1. The Bertz CT molecular complexity index is 1900. The van der Waals surface area contributed by atoms with Gasteiger partial charge in [-0.15, -0.1) is 0 Å². The molecule has 304 valence electrons. The number of carbonyl (C=O) groups is 3. The first-order valence-electron chi connectivity index (χ1n) is 19.6. The quantitative estimate of drug-likeness (QED) is 0.107. The van der Waals surface area contributed by atoms with E-state index in [1.807, 2.05) is 118 Å². The molecule has 0 aromatic heterocycles. The fraction of sp³-hybridized carbons (Fsp3) is 0.413. The number of benzene rings is 4. The number of nitrogens with zero attached hydrogens (tertiary/aromatic N) is 2. The van der Waals surface area contributed by atoms with Crippen LogP contribution in [0.1, 0.15) is 69.7 Å². The van der Waals surface area contributed by atoms with Crippen LogP contribution in [-0.4, -0.2) is 100 Å². The average molecular weight is 779 g/mol. The van der Waals surface area contributed by atoms with Crippen molar-refractivity contribution in [1.29, 1.82) is 0 Å². The number of nitrogens with one attached hydrogen (secondary N) is 2. The first-order chi connectivity index (χ1) is 27.0. The molecule has 0 heterocycles. The minimum absolute atomic E-state index is 0.0144. The third-order valence-corrected chi connectivity index (χ3v) is 9.91. The fourth-order valence-corrected chi connectivity index (χ4v) is 7.17. The van der Waals surface area contributed by atoms with Crippen LogP contribution in [0.3, 0.4) is 0 Å². The monoisotopic (exact) mass is 778 g/mol. The molecule has 11 nitrogen and oxygen atoms in total. The second-order valence-electron chi connectivity index (χ2n) is 16.8. The van der Waals surface area contributed by atoms with E-state index in [1.165, 1.54) is 9.80 Å². The van der Waals surface area contributed by atoms with E-state index in [9.17, 15) is 24.6 Å². The van der Waals surface area contributed by atoms with Crippen molar-refractivity contribution in [1.82, 2.24) is 20.4 Å². The van der Waals surface area contributed by atoms with Gasteiger partial charge in [-0.1, -0.05) is 109 Å². The summed E-state index contributed by atoms with van der Waals surface area (Å²) in [5.74, 6) is -0.226. The van der Waals surface area contributed by atoms with Crippen molar-refractivity contribution in [2.45, 2.75) is 95.7 Å². The van der Waals surface area contributed by atoms with E-state index < -0.39 is 47.6 Å². The lowest BCUT2D eigenvalue weighted by Gasteiger charge is -2.37. The Labute approximate surface area is 337 Å². The van der Waals surface area contributed by atoms with Gasteiger partial charge in [0.1, 0.15) is 12.2 Å². The topological polar surface area (TPSA) is 141 Å². The first-order valence-corrected chi connectivity index (χ1v) is 19.6. The van der Waals surface area contributed by atoms with Gasteiger partial charge in [0.15, 0.2) is 0 Å². The molecule has 4 atom stereocenters. The van der Waals surface area contributed by atoms with Crippen molar-refractivity contribution in [2.75, 3.05) is 26.7 Å². The predicted octanol–water partition coefficient (Wildman–Crippen LogP) is 7.15. The molecule has 0 saturated carbocycles. The number of aliphatic hydroxyl groups is 2. The van der Waals surface area contributed by atoms with E-state index in [0.717, 1.165) is 33.4 Å². The summed E-state index contributed by atoms with van der Waals surface area (Å²) in [6, 6.07) is 32.9. The Kier molecular flexibility index (Phi) is 14.0. The number of likely N-dealkylation sites (N-methyl/N-ethyl adjacent to an activating group) is 1. The van der Waals surface area contributed by atoms with Crippen LogP contribution in [0.15, 0.2) is 109 Å². The molecular weight excluding hydrogens is 721 g/mol. The number of ether oxygens (including phenoxy) is 2. The van der Waals surface area contributed by atoms with Gasteiger partial charge in [-0.2, -0.15) is 0 Å². The minimum atomic E-state index is -1.32. The maximum atomic E-state index is 14.3. The van der Waals surface area contributed by atoms with Crippen LogP contribution < -0.4 is 10.6 Å². The van der Waals surface area contributed by atoms with Crippen molar-refractivity contribution < 1.29 is 34.1 Å². The van der Waals surface area contributed by atoms with Crippen LogP contribution in [0, 0.1) is 0 Å². The number of fused-ring (bicyclic) bond motifs is 3. The second-order valence-corrected chi connectivity index (χ2v) is 16.8. The lowest BCUT2D eigenvalue weighted by atomic mass is 9.98. The molecule has 0 spiro atoms. The van der Waals surface area contributed by atoms with E-state index in [4.69, 9.17) is 9.47 Å². The zero-order valence-electron chi connectivity index (χ0n) is 34.1. The Balaban J connectivity index is 1.44. The molecule has 57 heavy (non-hydrogen) atoms. The fourth-order valence-electron chi connectivity index (χ4n) is 7.17. The maximum absolute atomic E-state index is 14.3. The molecule has 1 aliphatic carbocycles. The van der Waals surface area contributed by atoms with Crippen LogP contribution in [0.5, 0.6) is 0 Å². The van der Waals surface area contributed by atoms with Gasteiger partial charge in [-0.3, -0.25) is 0 Å². The highest BCUT2D eigenvalue weighted by Gasteiger charge is 2.36. The van der Waals surface area contributed by atoms with Crippen LogP contribution in [-0.2, 0) is 22.3 Å². The van der Waals surface area contributed by atoms with Crippen molar-refractivity contribution >= 4 is 18.2 Å². The molecule has 11 heteroatoms. The number of hydrogen-bond donors (Lipinski definition) is 4. The van der Waals surface area contributed by atoms with Crippen molar-refractivity contribution in [3.05, 3.63) is 131 Å². The highest BCUT2D eigenvalue weighted by atomic mass is 16.6. The van der Waals surface area contributed by atoms with Crippen molar-refractivity contribution in [3.63, 3.8) is 0 Å². The molecule has 5 rings (SSSR count). The van der Waals surface area contributed by atoms with Crippen LogP contribution in [0.25, 0.3) is 11.1 Å². The van der Waals surface area contributed by atoms with Gasteiger partial charge in [0.2, 0.25) is 0 Å². The standard InChI is InChI=1S/C46H58N4O7/c1-45(2,3)48-42(53)49(7)39(27-32-20-12-9-13-21-32)41(52)29-50(28-40(51)38(26-31-18-10-8-11-19-31)47-43(54)57-46(4,5)6)44(55)56-30-37-35-24-16-14-22-33(35)34-23-15-17-25-36(34)37/h8-25,37-41,51-52H,26-30H2,1-7H3,(H,47,54)(H,48,53)/t38-,39+,40-,41?/m0/s1. The van der Waals surface area contributed by atoms with E-state index >= 15 is 0 Å². The van der Waals surface area contributed by atoms with Gasteiger partial charge in [0, 0.05) is 18.5 Å². The molecule has 0 radical (unpaired) electrons. The summed E-state index contributed by atoms with van der Waals surface area (Å²) in [5, 5.41) is 29.8. The number of amides is 4. The normalized spacial score (nSPS) is 14.6. The maximum Gasteiger partial charge on any atom is 0.409 e. The largest absolute Gasteiger partial charge is 0.448 e. The molecule has 4 amide bonds. The minimum Gasteiger partial charge on any atom is -0.448 e. The zero-order chi connectivity index (χ0) is 41.3. The first kappa shape index (κ1) is 42.7. The number of hydrogen-bond acceptors (Lipinski definition) is 7. The van der Waals surface area contributed by atoms with Gasteiger partial charge in [-0.25, -0.2) is 14.4 Å². The van der Waals surface area contributed by atoms with E-state index in [1.54, 1.807) is 27.8 Å². The van der Waals surface area contributed by atoms with Gasteiger partial charge in [-0.05, 0) is 87.8 Å². The Morgan fingerprint density at radius 2 is 1.19 bits per heavy atom. The summed E-state index contributed by atoms with van der Waals surface area (Å²) in [6.07, 6.45) is -3.56. The Hall–Kier alpha value is -5.39. The van der Waals surface area contributed by atoms with E-state index in [-0.39, 0.29) is 44.5 Å². The summed E-state index contributed by atoms with van der Waals surface area (Å²) in [6.45, 7) is 10.3. The summed E-state index contributed by atoms with van der Waals surface area (Å²) in [4.78, 5) is 43.7. The molecule has 0 saturated heterocycles. The SMILES string of the molecule is CN(C(=O)NC(C)(C)C)[C@H](Cc1ccccc1)C(O)CN(C[C@H](O)[C@H](Cc1ccccc1)NC(=O)OC(C)(C)C)C(=O)OCC1c2ccccc2-c2ccccc21. The summed E-state index contributed by atoms with van der Waals surface area (Å²) in [5.41, 5.74) is 4.63. The lowest BCUT2D eigenvalue weighted by molar-refractivity contribution is 0.0117.